The first-order valence-corrected chi connectivity index (χ1v) is 13.0. The number of fused-ring (bicyclic) bond motifs is 4. The van der Waals surface area contributed by atoms with Gasteiger partial charge in [-0.1, -0.05) is 33.6 Å². The number of hydrogen-bond donors (Lipinski definition) is 1. The van der Waals surface area contributed by atoms with E-state index in [0.717, 1.165) is 36.5 Å². The number of ether oxygens (including phenoxy) is 1. The number of rotatable bonds is 4. The lowest BCUT2D eigenvalue weighted by Gasteiger charge is -2.61. The van der Waals surface area contributed by atoms with E-state index in [9.17, 15) is 5.11 Å². The maximum Gasteiger partial charge on any atom is 0.117 e. The van der Waals surface area contributed by atoms with E-state index in [1.54, 1.807) is 0 Å². The molecule has 11 atom stereocenters. The summed E-state index contributed by atoms with van der Waals surface area (Å²) in [6.45, 7) is 9.67. The third-order valence-electron chi connectivity index (χ3n) is 11.7. The van der Waals surface area contributed by atoms with E-state index < -0.39 is 6.10 Å². The van der Waals surface area contributed by atoms with Crippen molar-refractivity contribution in [3.63, 3.8) is 0 Å². The molecule has 0 amide bonds. The topological polar surface area (TPSA) is 29.5 Å². The average molecular weight is 413 g/mol. The van der Waals surface area contributed by atoms with Gasteiger partial charge in [0.25, 0.3) is 0 Å². The highest BCUT2D eigenvalue weighted by molar-refractivity contribution is 5.26. The van der Waals surface area contributed by atoms with Crippen LogP contribution in [0.3, 0.4) is 0 Å². The molecule has 0 radical (unpaired) electrons. The summed E-state index contributed by atoms with van der Waals surface area (Å²) >= 11 is 0. The zero-order chi connectivity index (χ0) is 21.3. The zero-order valence-corrected chi connectivity index (χ0v) is 20.0. The van der Waals surface area contributed by atoms with Gasteiger partial charge in [-0.3, -0.25) is 0 Å². The van der Waals surface area contributed by atoms with Crippen molar-refractivity contribution in [2.45, 2.75) is 104 Å². The molecule has 5 aliphatic carbocycles. The summed E-state index contributed by atoms with van der Waals surface area (Å²) in [6.07, 6.45) is 13.0. The van der Waals surface area contributed by atoms with Crippen LogP contribution in [0.25, 0.3) is 0 Å². The van der Waals surface area contributed by atoms with Crippen LogP contribution in [0.2, 0.25) is 0 Å². The van der Waals surface area contributed by atoms with Crippen LogP contribution in [-0.4, -0.2) is 24.4 Å². The normalized spacial score (nSPS) is 52.9. The largest absolute Gasteiger partial charge is 0.381 e. The molecule has 168 valence electrons. The summed E-state index contributed by atoms with van der Waals surface area (Å²) in [7, 11) is 1.99. The molecular weight excluding hydrogens is 368 g/mol. The van der Waals surface area contributed by atoms with Gasteiger partial charge in [0.2, 0.25) is 0 Å². The molecule has 1 N–H and O–H groups in total. The first kappa shape index (κ1) is 21.3. The van der Waals surface area contributed by atoms with Crippen molar-refractivity contribution >= 4 is 0 Å². The summed E-state index contributed by atoms with van der Waals surface area (Å²) in [5.74, 6) is 10.8. The highest BCUT2D eigenvalue weighted by Crippen LogP contribution is 2.82. The highest BCUT2D eigenvalue weighted by Gasteiger charge is 2.77. The van der Waals surface area contributed by atoms with E-state index in [2.05, 4.69) is 39.5 Å². The number of methoxy groups -OCH3 is 1. The fourth-order valence-electron chi connectivity index (χ4n) is 10.1. The van der Waals surface area contributed by atoms with Crippen molar-refractivity contribution in [1.29, 1.82) is 0 Å². The molecule has 5 rings (SSSR count). The van der Waals surface area contributed by atoms with Crippen molar-refractivity contribution in [2.75, 3.05) is 7.11 Å². The minimum atomic E-state index is -0.462. The lowest BCUT2D eigenvalue weighted by Crippen LogP contribution is -2.57. The van der Waals surface area contributed by atoms with Gasteiger partial charge in [0.1, 0.15) is 6.10 Å². The van der Waals surface area contributed by atoms with Crippen LogP contribution >= 0.6 is 0 Å². The van der Waals surface area contributed by atoms with Gasteiger partial charge in [0.15, 0.2) is 0 Å². The number of aliphatic hydroxyl groups excluding tert-OH is 1. The summed E-state index contributed by atoms with van der Waals surface area (Å²) < 4.78 is 6.25. The summed E-state index contributed by atoms with van der Waals surface area (Å²) in [4.78, 5) is 0. The quantitative estimate of drug-likeness (QED) is 0.568. The molecule has 0 aromatic heterocycles. The molecule has 0 heterocycles. The highest BCUT2D eigenvalue weighted by atomic mass is 16.5. The van der Waals surface area contributed by atoms with Crippen molar-refractivity contribution in [1.82, 2.24) is 0 Å². The Bertz CT molecular complexity index is 735. The molecule has 0 aliphatic heterocycles. The van der Waals surface area contributed by atoms with E-state index in [0.29, 0.717) is 28.3 Å². The lowest BCUT2D eigenvalue weighted by atomic mass is 9.45. The predicted octanol–water partition coefficient (Wildman–Crippen LogP) is 6.07. The SMILES string of the molecule is CCCC#C[C@@H](O)[C@@H](C)[C@H]1CC[C@H]2[C@@H]3C[C@@H](OC)[C@]45C[C@H]4CC[C@]5(C)[C@H]3CC[C@]12C. The number of hydrogen-bond acceptors (Lipinski definition) is 2. The zero-order valence-electron chi connectivity index (χ0n) is 20.0. The van der Waals surface area contributed by atoms with Gasteiger partial charge in [-0.05, 0) is 104 Å². The fraction of sp³-hybridized carbons (Fsp3) is 0.929. The Kier molecular flexibility index (Phi) is 5.15. The van der Waals surface area contributed by atoms with Gasteiger partial charge in [0.05, 0.1) is 6.10 Å². The van der Waals surface area contributed by atoms with Gasteiger partial charge < -0.3 is 9.84 Å². The molecule has 30 heavy (non-hydrogen) atoms. The molecule has 0 aromatic rings. The maximum absolute atomic E-state index is 10.8. The molecule has 5 fully saturated rings. The van der Waals surface area contributed by atoms with E-state index >= 15 is 0 Å². The van der Waals surface area contributed by atoms with Crippen LogP contribution in [-0.2, 0) is 4.74 Å². The monoisotopic (exact) mass is 412 g/mol. The Morgan fingerprint density at radius 3 is 2.60 bits per heavy atom. The molecule has 0 bridgehead atoms. The fourth-order valence-corrected chi connectivity index (χ4v) is 10.1. The summed E-state index contributed by atoms with van der Waals surface area (Å²) in [5, 5.41) is 10.8. The van der Waals surface area contributed by atoms with Gasteiger partial charge in [-0.15, -0.1) is 5.92 Å². The maximum atomic E-state index is 10.8. The first-order chi connectivity index (χ1) is 14.3. The smallest absolute Gasteiger partial charge is 0.117 e. The third kappa shape index (κ3) is 2.64. The Labute approximate surface area is 184 Å². The van der Waals surface area contributed by atoms with E-state index in [4.69, 9.17) is 4.74 Å². The van der Waals surface area contributed by atoms with Crippen LogP contribution in [0.5, 0.6) is 0 Å². The van der Waals surface area contributed by atoms with Crippen LogP contribution in [0, 0.1) is 63.6 Å². The molecule has 2 heteroatoms. The average Bonchev–Trinajstić information content (AvgIpc) is 3.24. The van der Waals surface area contributed by atoms with Crippen molar-refractivity contribution in [2.24, 2.45) is 51.8 Å². The van der Waals surface area contributed by atoms with E-state index in [-0.39, 0.29) is 5.92 Å². The molecule has 0 unspecified atom stereocenters. The minimum Gasteiger partial charge on any atom is -0.381 e. The summed E-state index contributed by atoms with van der Waals surface area (Å²) in [5.41, 5.74) is 1.40. The number of unbranched alkanes of at least 4 members (excludes halogenated alkanes) is 1. The van der Waals surface area contributed by atoms with Crippen LogP contribution in [0.15, 0.2) is 0 Å². The second kappa shape index (κ2) is 7.25. The van der Waals surface area contributed by atoms with E-state index in [1.807, 2.05) is 7.11 Å². The standard InChI is InChI=1S/C28H44O2/c1-6-7-8-9-24(29)18(2)21-10-11-22-20-16-25(30-5)28-17-19(28)12-15-27(28,4)23(20)13-14-26(21,22)3/h18-25,29H,6-7,10-17H2,1-5H3/t18-,19+,20-,21+,22-,23-,24+,25+,26+,27+,28-/m0/s1. The van der Waals surface area contributed by atoms with Crippen molar-refractivity contribution < 1.29 is 9.84 Å². The Morgan fingerprint density at radius 2 is 1.90 bits per heavy atom. The molecule has 0 saturated heterocycles. The summed E-state index contributed by atoms with van der Waals surface area (Å²) in [6, 6.07) is 0. The number of aliphatic hydroxyl groups is 1. The van der Waals surface area contributed by atoms with Gasteiger partial charge >= 0.3 is 0 Å². The molecule has 1 spiro atoms. The van der Waals surface area contributed by atoms with Gasteiger partial charge in [0, 0.05) is 18.9 Å². The second-order valence-corrected chi connectivity index (χ2v) is 12.3. The lowest BCUT2D eigenvalue weighted by molar-refractivity contribution is -0.162. The molecule has 5 saturated carbocycles. The Hall–Kier alpha value is -0.520. The van der Waals surface area contributed by atoms with Crippen molar-refractivity contribution in [3.8, 4) is 11.8 Å². The van der Waals surface area contributed by atoms with Gasteiger partial charge in [-0.25, -0.2) is 0 Å². The Balaban J connectivity index is 1.39. The molecule has 0 aromatic carbocycles. The van der Waals surface area contributed by atoms with Crippen molar-refractivity contribution in [3.05, 3.63) is 0 Å². The van der Waals surface area contributed by atoms with E-state index in [1.165, 1.54) is 51.4 Å². The van der Waals surface area contributed by atoms with Crippen LogP contribution in [0.4, 0.5) is 0 Å². The molecule has 5 aliphatic rings. The predicted molar refractivity (Wildman–Crippen MR) is 122 cm³/mol. The van der Waals surface area contributed by atoms with Gasteiger partial charge in [-0.2, -0.15) is 0 Å². The third-order valence-corrected chi connectivity index (χ3v) is 11.7. The second-order valence-electron chi connectivity index (χ2n) is 12.3. The molecular formula is C28H44O2. The first-order valence-electron chi connectivity index (χ1n) is 13.0. The Morgan fingerprint density at radius 1 is 1.10 bits per heavy atom. The molecule has 2 nitrogen and oxygen atoms in total. The van der Waals surface area contributed by atoms with Crippen LogP contribution < -0.4 is 0 Å². The minimum absolute atomic E-state index is 0.281. The van der Waals surface area contributed by atoms with Crippen LogP contribution in [0.1, 0.15) is 91.9 Å².